The first kappa shape index (κ1) is 21.8. The number of phenolic OH excluding ortho intramolecular Hbond substituents is 1. The maximum atomic E-state index is 9.65. The first-order chi connectivity index (χ1) is 15.1. The number of piperazine rings is 1. The maximum Gasteiger partial charge on any atom is 0.127 e. The molecular weight excluding hydrogens is 404 g/mol. The molecule has 0 atom stereocenters. The molecule has 31 heavy (non-hydrogen) atoms. The van der Waals surface area contributed by atoms with Gasteiger partial charge in [-0.1, -0.05) is 6.92 Å². The molecule has 0 amide bonds. The summed E-state index contributed by atoms with van der Waals surface area (Å²) in [4.78, 5) is 12.5. The zero-order valence-corrected chi connectivity index (χ0v) is 19.3. The molecular formula is C25H32N4OS. The minimum atomic E-state index is 0.271. The van der Waals surface area contributed by atoms with Gasteiger partial charge in [-0.3, -0.25) is 0 Å². The van der Waals surface area contributed by atoms with Crippen molar-refractivity contribution in [1.82, 2.24) is 14.8 Å². The van der Waals surface area contributed by atoms with Gasteiger partial charge in [0.25, 0.3) is 0 Å². The van der Waals surface area contributed by atoms with Gasteiger partial charge in [0.05, 0.1) is 5.69 Å². The predicted molar refractivity (Wildman–Crippen MR) is 131 cm³/mol. The second-order valence-electron chi connectivity index (χ2n) is 8.22. The molecule has 6 heteroatoms. The first-order valence-corrected chi connectivity index (χ1v) is 12.0. The summed E-state index contributed by atoms with van der Waals surface area (Å²) < 4.78 is 0. The van der Waals surface area contributed by atoms with E-state index in [1.165, 1.54) is 15.3 Å². The summed E-state index contributed by atoms with van der Waals surface area (Å²) in [6.07, 6.45) is 2.15. The fraction of sp³-hybridized carbons (Fsp3) is 0.400. The van der Waals surface area contributed by atoms with E-state index in [9.17, 15) is 5.11 Å². The number of anilines is 1. The number of phenols is 1. The zero-order chi connectivity index (χ0) is 21.6. The van der Waals surface area contributed by atoms with Crippen LogP contribution in [0.2, 0.25) is 0 Å². The number of aryl methyl sites for hydroxylation is 1. The summed E-state index contributed by atoms with van der Waals surface area (Å²) in [7, 11) is 2.19. The number of pyridine rings is 1. The number of nitrogens with one attached hydrogen (secondary N) is 1. The Morgan fingerprint density at radius 3 is 2.48 bits per heavy atom. The predicted octanol–water partition coefficient (Wildman–Crippen LogP) is 4.79. The minimum Gasteiger partial charge on any atom is -0.508 e. The Morgan fingerprint density at radius 2 is 1.77 bits per heavy atom. The van der Waals surface area contributed by atoms with Crippen molar-refractivity contribution in [2.24, 2.45) is 0 Å². The van der Waals surface area contributed by atoms with Crippen LogP contribution in [0.3, 0.4) is 0 Å². The monoisotopic (exact) mass is 436 g/mol. The highest BCUT2D eigenvalue weighted by Crippen LogP contribution is 2.33. The topological polar surface area (TPSA) is 51.6 Å². The lowest BCUT2D eigenvalue weighted by molar-refractivity contribution is 0.154. The molecule has 1 aliphatic rings. The van der Waals surface area contributed by atoms with Gasteiger partial charge in [-0.05, 0) is 80.5 Å². The molecule has 0 spiro atoms. The molecule has 3 aromatic rings. The van der Waals surface area contributed by atoms with Gasteiger partial charge in [-0.25, -0.2) is 4.98 Å². The molecule has 1 aliphatic heterocycles. The van der Waals surface area contributed by atoms with Crippen LogP contribution in [0.15, 0.2) is 48.5 Å². The van der Waals surface area contributed by atoms with Crippen molar-refractivity contribution in [1.29, 1.82) is 0 Å². The summed E-state index contributed by atoms with van der Waals surface area (Å²) in [5.74, 6) is 1.18. The molecule has 3 heterocycles. The second kappa shape index (κ2) is 10.3. The van der Waals surface area contributed by atoms with E-state index in [4.69, 9.17) is 4.98 Å². The lowest BCUT2D eigenvalue weighted by atomic mass is 10.1. The van der Waals surface area contributed by atoms with Gasteiger partial charge in [-0.15, -0.1) is 11.3 Å². The van der Waals surface area contributed by atoms with E-state index in [0.29, 0.717) is 0 Å². The third-order valence-corrected chi connectivity index (χ3v) is 7.11. The zero-order valence-electron chi connectivity index (χ0n) is 18.5. The van der Waals surface area contributed by atoms with E-state index < -0.39 is 0 Å². The lowest BCUT2D eigenvalue weighted by Crippen LogP contribution is -2.44. The number of thiophene rings is 1. The Kier molecular flexibility index (Phi) is 7.22. The van der Waals surface area contributed by atoms with Crippen molar-refractivity contribution in [2.75, 3.05) is 51.6 Å². The molecule has 0 bridgehead atoms. The van der Waals surface area contributed by atoms with E-state index in [1.54, 1.807) is 12.1 Å². The molecule has 2 aromatic heterocycles. The van der Waals surface area contributed by atoms with Crippen LogP contribution < -0.4 is 5.32 Å². The number of rotatable bonds is 8. The Hall–Kier alpha value is -2.41. The molecule has 1 saturated heterocycles. The van der Waals surface area contributed by atoms with Crippen molar-refractivity contribution >= 4 is 17.2 Å². The molecule has 4 rings (SSSR count). The van der Waals surface area contributed by atoms with Crippen LogP contribution in [0.4, 0.5) is 5.82 Å². The summed E-state index contributed by atoms with van der Waals surface area (Å²) in [6.45, 7) is 8.86. The van der Waals surface area contributed by atoms with Crippen LogP contribution in [0.5, 0.6) is 5.75 Å². The van der Waals surface area contributed by atoms with E-state index in [0.717, 1.165) is 69.2 Å². The number of hydrogen-bond acceptors (Lipinski definition) is 6. The molecule has 2 N–H and O–H groups in total. The van der Waals surface area contributed by atoms with E-state index in [-0.39, 0.29) is 5.75 Å². The van der Waals surface area contributed by atoms with Gasteiger partial charge >= 0.3 is 0 Å². The quantitative estimate of drug-likeness (QED) is 0.497. The summed E-state index contributed by atoms with van der Waals surface area (Å²) in [5.41, 5.74) is 3.11. The van der Waals surface area contributed by atoms with Crippen LogP contribution in [0.1, 0.15) is 18.2 Å². The van der Waals surface area contributed by atoms with Gasteiger partial charge in [0, 0.05) is 48.0 Å². The number of aromatic hydroxyl groups is 1. The van der Waals surface area contributed by atoms with Crippen molar-refractivity contribution in [3.8, 4) is 27.4 Å². The third-order valence-electron chi connectivity index (χ3n) is 5.84. The Bertz CT molecular complexity index is 977. The standard InChI is InChI=1S/C25H32N4OS/c1-3-22-9-10-24(31-22)20-17-23(19-5-7-21(30)8-6-19)27-25(18-20)26-11-4-12-29-15-13-28(2)14-16-29/h5-10,17-18,30H,3-4,11-16H2,1-2H3,(H,26,27). The van der Waals surface area contributed by atoms with Gasteiger partial charge in [-0.2, -0.15) is 0 Å². The molecule has 0 saturated carbocycles. The molecule has 0 aliphatic carbocycles. The smallest absolute Gasteiger partial charge is 0.127 e. The molecule has 1 fully saturated rings. The fourth-order valence-electron chi connectivity index (χ4n) is 3.86. The summed E-state index contributed by atoms with van der Waals surface area (Å²) >= 11 is 1.84. The van der Waals surface area contributed by atoms with Crippen LogP contribution in [0.25, 0.3) is 21.7 Å². The Labute approximate surface area is 189 Å². The van der Waals surface area contributed by atoms with Crippen LogP contribution in [-0.4, -0.2) is 66.2 Å². The molecule has 0 unspecified atom stereocenters. The molecule has 5 nitrogen and oxygen atoms in total. The van der Waals surface area contributed by atoms with E-state index in [1.807, 2.05) is 23.5 Å². The third kappa shape index (κ3) is 5.85. The first-order valence-electron chi connectivity index (χ1n) is 11.2. The summed E-state index contributed by atoms with van der Waals surface area (Å²) in [5, 5.41) is 13.2. The number of aromatic nitrogens is 1. The highest BCUT2D eigenvalue weighted by Gasteiger charge is 2.13. The van der Waals surface area contributed by atoms with Crippen molar-refractivity contribution in [3.05, 3.63) is 53.4 Å². The minimum absolute atomic E-state index is 0.271. The largest absolute Gasteiger partial charge is 0.508 e. The summed E-state index contributed by atoms with van der Waals surface area (Å²) in [6, 6.07) is 16.0. The van der Waals surface area contributed by atoms with Gasteiger partial charge in [0.1, 0.15) is 11.6 Å². The van der Waals surface area contributed by atoms with Crippen molar-refractivity contribution in [3.63, 3.8) is 0 Å². The molecule has 1 aromatic carbocycles. The number of benzene rings is 1. The normalized spacial score (nSPS) is 15.3. The van der Waals surface area contributed by atoms with Gasteiger partial charge < -0.3 is 20.2 Å². The van der Waals surface area contributed by atoms with E-state index >= 15 is 0 Å². The average molecular weight is 437 g/mol. The van der Waals surface area contributed by atoms with Gasteiger partial charge in [0.2, 0.25) is 0 Å². The highest BCUT2D eigenvalue weighted by molar-refractivity contribution is 7.15. The number of nitrogens with zero attached hydrogens (tertiary/aromatic N) is 3. The molecule has 164 valence electrons. The number of hydrogen-bond donors (Lipinski definition) is 2. The van der Waals surface area contributed by atoms with E-state index in [2.05, 4.69) is 53.4 Å². The van der Waals surface area contributed by atoms with Crippen LogP contribution in [-0.2, 0) is 6.42 Å². The maximum absolute atomic E-state index is 9.65. The van der Waals surface area contributed by atoms with Gasteiger partial charge in [0.15, 0.2) is 0 Å². The average Bonchev–Trinajstić information content (AvgIpc) is 3.28. The Morgan fingerprint density at radius 1 is 1.00 bits per heavy atom. The Balaban J connectivity index is 1.48. The lowest BCUT2D eigenvalue weighted by Gasteiger charge is -2.32. The second-order valence-corrected chi connectivity index (χ2v) is 9.39. The fourth-order valence-corrected chi connectivity index (χ4v) is 4.79. The van der Waals surface area contributed by atoms with Crippen molar-refractivity contribution in [2.45, 2.75) is 19.8 Å². The molecule has 0 radical (unpaired) electrons. The highest BCUT2D eigenvalue weighted by atomic mass is 32.1. The van der Waals surface area contributed by atoms with Crippen LogP contribution in [0, 0.1) is 0 Å². The number of likely N-dealkylation sites (N-methyl/N-ethyl adjacent to an activating group) is 1. The van der Waals surface area contributed by atoms with Crippen LogP contribution >= 0.6 is 11.3 Å². The SMILES string of the molecule is CCc1ccc(-c2cc(NCCCN3CCN(C)CC3)nc(-c3ccc(O)cc3)c2)s1. The van der Waals surface area contributed by atoms with Crippen molar-refractivity contribution < 1.29 is 5.11 Å².